The number of nitrogens with one attached hydrogen (secondary N) is 1. The van der Waals surface area contributed by atoms with Crippen molar-refractivity contribution in [2.45, 2.75) is 18.4 Å². The molecule has 29 heavy (non-hydrogen) atoms. The highest BCUT2D eigenvalue weighted by atomic mass is 19.3. The number of aromatic amines is 1. The van der Waals surface area contributed by atoms with Crippen LogP contribution in [-0.4, -0.2) is 41.7 Å². The molecule has 0 unspecified atom stereocenters. The van der Waals surface area contributed by atoms with Gasteiger partial charge in [-0.05, 0) is 35.9 Å². The van der Waals surface area contributed by atoms with Crippen LogP contribution in [0.4, 0.5) is 29.3 Å². The Hall–Kier alpha value is -3.23. The Morgan fingerprint density at radius 1 is 1.21 bits per heavy atom. The molecule has 2 aliphatic heterocycles. The van der Waals surface area contributed by atoms with E-state index in [1.807, 2.05) is 0 Å². The van der Waals surface area contributed by atoms with Crippen LogP contribution in [0, 0.1) is 5.82 Å². The number of alkyl halides is 2. The molecule has 3 heterocycles. The van der Waals surface area contributed by atoms with Gasteiger partial charge in [0.25, 0.3) is 5.92 Å². The highest BCUT2D eigenvalue weighted by Gasteiger charge is 2.40. The maximum absolute atomic E-state index is 14.8. The van der Waals surface area contributed by atoms with Gasteiger partial charge in [-0.3, -0.25) is 4.90 Å². The van der Waals surface area contributed by atoms with E-state index in [0.717, 1.165) is 11.0 Å². The molecule has 6 nitrogen and oxygen atoms in total. The first-order valence-corrected chi connectivity index (χ1v) is 9.23. The van der Waals surface area contributed by atoms with Crippen molar-refractivity contribution in [2.24, 2.45) is 0 Å². The molecule has 150 valence electrons. The Morgan fingerprint density at radius 2 is 2.07 bits per heavy atom. The number of ether oxygens (including phenoxy) is 1. The van der Waals surface area contributed by atoms with Gasteiger partial charge < -0.3 is 14.6 Å². The van der Waals surface area contributed by atoms with Gasteiger partial charge in [0.15, 0.2) is 0 Å². The number of carbonyl (C=O) groups is 1. The second kappa shape index (κ2) is 6.40. The van der Waals surface area contributed by atoms with Gasteiger partial charge in [0.2, 0.25) is 0 Å². The Labute approximate surface area is 163 Å². The number of imidazole rings is 1. The number of hydrogen-bond donors (Lipinski definition) is 1. The number of carbonyl (C=O) groups excluding carboxylic acids is 1. The summed E-state index contributed by atoms with van der Waals surface area (Å²) in [5.41, 5.74) is 2.79. The maximum Gasteiger partial charge on any atom is 0.415 e. The molecule has 0 bridgehead atoms. The Balaban J connectivity index is 1.46. The number of hydrogen-bond acceptors (Lipinski definition) is 4. The third-order valence-electron chi connectivity index (χ3n) is 5.42. The van der Waals surface area contributed by atoms with Gasteiger partial charge in [-0.1, -0.05) is 6.07 Å². The van der Waals surface area contributed by atoms with E-state index in [0.29, 0.717) is 11.3 Å². The third kappa shape index (κ3) is 3.06. The molecule has 1 atom stereocenters. The first-order chi connectivity index (χ1) is 13.9. The first kappa shape index (κ1) is 17.8. The number of cyclic esters (lactones) is 1. The van der Waals surface area contributed by atoms with Crippen molar-refractivity contribution in [3.63, 3.8) is 0 Å². The molecule has 2 saturated heterocycles. The number of benzene rings is 2. The van der Waals surface area contributed by atoms with Gasteiger partial charge in [-0.15, -0.1) is 0 Å². The molecule has 1 amide bonds. The molecule has 2 aliphatic rings. The molecule has 2 fully saturated rings. The number of H-pyrrole nitrogens is 1. The van der Waals surface area contributed by atoms with Crippen molar-refractivity contribution in [3.05, 3.63) is 54.1 Å². The Bertz CT molecular complexity index is 1100. The smallest absolute Gasteiger partial charge is 0.415 e. The summed E-state index contributed by atoms with van der Waals surface area (Å²) in [5.74, 6) is -3.40. The molecular weight excluding hydrogens is 385 g/mol. The summed E-state index contributed by atoms with van der Waals surface area (Å²) < 4.78 is 46.9. The number of fused-ring (bicyclic) bond motifs is 1. The van der Waals surface area contributed by atoms with Crippen LogP contribution in [0.2, 0.25) is 0 Å². The molecule has 0 aliphatic carbocycles. The molecule has 0 spiro atoms. The molecule has 5 rings (SSSR count). The average Bonchev–Trinajstić information content (AvgIpc) is 3.39. The summed E-state index contributed by atoms with van der Waals surface area (Å²) in [6.45, 7) is -0.324. The predicted molar refractivity (Wildman–Crippen MR) is 101 cm³/mol. The number of nitrogens with zero attached hydrogens (tertiary/aromatic N) is 3. The molecule has 3 aromatic rings. The third-order valence-corrected chi connectivity index (χ3v) is 5.42. The van der Waals surface area contributed by atoms with E-state index in [4.69, 9.17) is 4.74 Å². The quantitative estimate of drug-likeness (QED) is 0.712. The number of rotatable bonds is 3. The second-order valence-electron chi connectivity index (χ2n) is 7.31. The zero-order valence-electron chi connectivity index (χ0n) is 15.2. The highest BCUT2D eigenvalue weighted by Crippen LogP contribution is 2.37. The first-order valence-electron chi connectivity index (χ1n) is 9.23. The lowest BCUT2D eigenvalue weighted by Gasteiger charge is -2.24. The van der Waals surface area contributed by atoms with E-state index in [1.165, 1.54) is 21.9 Å². The van der Waals surface area contributed by atoms with Crippen LogP contribution in [0.1, 0.15) is 18.0 Å². The minimum Gasteiger partial charge on any atom is -0.447 e. The molecule has 2 aromatic carbocycles. The zero-order valence-corrected chi connectivity index (χ0v) is 15.2. The number of amides is 1. The van der Waals surface area contributed by atoms with Crippen molar-refractivity contribution in [3.8, 4) is 0 Å². The monoisotopic (exact) mass is 402 g/mol. The van der Waals surface area contributed by atoms with E-state index < -0.39 is 30.4 Å². The summed E-state index contributed by atoms with van der Waals surface area (Å²) >= 11 is 0. The number of aromatic nitrogens is 2. The van der Waals surface area contributed by atoms with Crippen molar-refractivity contribution >= 4 is 28.5 Å². The Morgan fingerprint density at radius 3 is 2.83 bits per heavy atom. The molecule has 9 heteroatoms. The summed E-state index contributed by atoms with van der Waals surface area (Å²) in [6.07, 6.45) is 0.741. The molecule has 1 N–H and O–H groups in total. The van der Waals surface area contributed by atoms with Gasteiger partial charge in [-0.25, -0.2) is 22.9 Å². The van der Waals surface area contributed by atoms with E-state index in [9.17, 15) is 18.0 Å². The SMILES string of the molecule is O=C1OC[C@H](c2ccc(N3CCC(F)(F)C3)c(F)c2)N1c1ccc2nc[nH]c2c1. The van der Waals surface area contributed by atoms with E-state index in [1.54, 1.807) is 30.6 Å². The van der Waals surface area contributed by atoms with Gasteiger partial charge >= 0.3 is 6.09 Å². The van der Waals surface area contributed by atoms with Crippen LogP contribution in [0.25, 0.3) is 11.0 Å². The standard InChI is InChI=1S/C20H17F3N4O2/c21-14-7-12(1-4-17(14)26-6-5-20(22,23)10-26)18-9-29-19(28)27(18)13-2-3-15-16(8-13)25-11-24-15/h1-4,7-8,11,18H,5-6,9-10H2,(H,24,25)/t18-/m1/s1. The van der Waals surface area contributed by atoms with Gasteiger partial charge in [0, 0.05) is 13.0 Å². The topological polar surface area (TPSA) is 61.5 Å². The zero-order chi connectivity index (χ0) is 20.2. The highest BCUT2D eigenvalue weighted by molar-refractivity contribution is 5.93. The fraction of sp³-hybridized carbons (Fsp3) is 0.300. The van der Waals surface area contributed by atoms with E-state index >= 15 is 0 Å². The fourth-order valence-corrected chi connectivity index (χ4v) is 3.95. The summed E-state index contributed by atoms with van der Waals surface area (Å²) in [6, 6.07) is 9.22. The van der Waals surface area contributed by atoms with Crippen molar-refractivity contribution in [1.29, 1.82) is 0 Å². The van der Waals surface area contributed by atoms with Crippen molar-refractivity contribution < 1.29 is 22.7 Å². The lowest BCUT2D eigenvalue weighted by Crippen LogP contribution is -2.28. The van der Waals surface area contributed by atoms with Crippen LogP contribution in [-0.2, 0) is 4.74 Å². The van der Waals surface area contributed by atoms with Gasteiger partial charge in [0.1, 0.15) is 12.4 Å². The lowest BCUT2D eigenvalue weighted by molar-refractivity contribution is 0.0257. The number of anilines is 2. The molecular formula is C20H17F3N4O2. The average molecular weight is 402 g/mol. The fourth-order valence-electron chi connectivity index (χ4n) is 3.95. The van der Waals surface area contributed by atoms with Gasteiger partial charge in [-0.2, -0.15) is 0 Å². The molecule has 0 saturated carbocycles. The predicted octanol–water partition coefficient (Wildman–Crippen LogP) is 4.25. The minimum atomic E-state index is -2.81. The number of halogens is 3. The molecule has 1 aromatic heterocycles. The Kier molecular flexibility index (Phi) is 3.94. The maximum atomic E-state index is 14.8. The van der Waals surface area contributed by atoms with Crippen LogP contribution in [0.15, 0.2) is 42.7 Å². The van der Waals surface area contributed by atoms with Crippen LogP contribution < -0.4 is 9.80 Å². The van der Waals surface area contributed by atoms with E-state index in [-0.39, 0.29) is 25.3 Å². The summed E-state index contributed by atoms with van der Waals surface area (Å²) in [7, 11) is 0. The lowest BCUT2D eigenvalue weighted by atomic mass is 10.0. The van der Waals surface area contributed by atoms with Crippen molar-refractivity contribution in [1.82, 2.24) is 9.97 Å². The van der Waals surface area contributed by atoms with Gasteiger partial charge in [0.05, 0.1) is 41.3 Å². The van der Waals surface area contributed by atoms with Crippen LogP contribution in [0.5, 0.6) is 0 Å². The largest absolute Gasteiger partial charge is 0.447 e. The van der Waals surface area contributed by atoms with E-state index in [2.05, 4.69) is 9.97 Å². The van der Waals surface area contributed by atoms with Crippen LogP contribution >= 0.6 is 0 Å². The summed E-state index contributed by atoms with van der Waals surface area (Å²) in [4.78, 5) is 22.3. The second-order valence-corrected chi connectivity index (χ2v) is 7.31. The van der Waals surface area contributed by atoms with Crippen LogP contribution in [0.3, 0.4) is 0 Å². The van der Waals surface area contributed by atoms with Crippen molar-refractivity contribution in [2.75, 3.05) is 29.5 Å². The molecule has 0 radical (unpaired) electrons. The normalized spacial score (nSPS) is 21.2. The minimum absolute atomic E-state index is 0.0699. The summed E-state index contributed by atoms with van der Waals surface area (Å²) in [5, 5.41) is 0.